The van der Waals surface area contributed by atoms with E-state index in [1.165, 1.54) is 6.07 Å². The van der Waals surface area contributed by atoms with Crippen LogP contribution in [0.4, 0.5) is 0 Å². The van der Waals surface area contributed by atoms with E-state index in [-0.39, 0.29) is 35.7 Å². The maximum atomic E-state index is 12.2. The third kappa shape index (κ3) is 6.47. The van der Waals surface area contributed by atoms with E-state index in [0.29, 0.717) is 41.9 Å². The van der Waals surface area contributed by atoms with Crippen LogP contribution in [-0.4, -0.2) is 34.7 Å². The average Bonchev–Trinajstić information content (AvgIpc) is 2.84. The van der Waals surface area contributed by atoms with E-state index < -0.39 is 11.9 Å². The molecule has 0 heterocycles. The van der Waals surface area contributed by atoms with Gasteiger partial charge in [-0.1, -0.05) is 42.5 Å². The average molecular weight is 477 g/mol. The van der Waals surface area contributed by atoms with Gasteiger partial charge in [0.1, 0.15) is 12.4 Å². The van der Waals surface area contributed by atoms with Gasteiger partial charge in [0.25, 0.3) is 0 Å². The van der Waals surface area contributed by atoms with Gasteiger partial charge in [-0.15, -0.1) is 0 Å². The lowest BCUT2D eigenvalue weighted by molar-refractivity contribution is -0.143. The predicted octanol–water partition coefficient (Wildman–Crippen LogP) is 5.52. The number of benzene rings is 3. The Morgan fingerprint density at radius 1 is 0.914 bits per heavy atom. The van der Waals surface area contributed by atoms with Crippen molar-refractivity contribution in [3.05, 3.63) is 88.5 Å². The van der Waals surface area contributed by atoms with Crippen LogP contribution in [0, 0.1) is 6.92 Å². The quantitative estimate of drug-likeness (QED) is 0.351. The maximum absolute atomic E-state index is 12.2. The van der Waals surface area contributed by atoms with Gasteiger partial charge >= 0.3 is 17.9 Å². The SMILES string of the molecule is CCOC(=O)CCCc1cc(C(=O)O)c(-c2ccc(OCc3ccccc3)cc2)c(C(=O)O)c1C. The first-order valence-corrected chi connectivity index (χ1v) is 11.4. The van der Waals surface area contributed by atoms with E-state index in [9.17, 15) is 24.6 Å². The summed E-state index contributed by atoms with van der Waals surface area (Å²) < 4.78 is 10.7. The number of rotatable bonds is 11. The molecular formula is C28H28O7. The lowest BCUT2D eigenvalue weighted by Gasteiger charge is -2.17. The summed E-state index contributed by atoms with van der Waals surface area (Å²) in [4.78, 5) is 36.0. The van der Waals surface area contributed by atoms with Gasteiger partial charge in [-0.2, -0.15) is 0 Å². The largest absolute Gasteiger partial charge is 0.489 e. The summed E-state index contributed by atoms with van der Waals surface area (Å²) in [6.07, 6.45) is 0.951. The van der Waals surface area contributed by atoms with Crippen LogP contribution in [0.5, 0.6) is 5.75 Å². The predicted molar refractivity (Wildman–Crippen MR) is 131 cm³/mol. The number of carbonyl (C=O) groups excluding carboxylic acids is 1. The molecule has 3 rings (SSSR count). The van der Waals surface area contributed by atoms with Crippen LogP contribution in [0.1, 0.15) is 57.2 Å². The number of carboxylic acids is 2. The summed E-state index contributed by atoms with van der Waals surface area (Å²) in [7, 11) is 0. The Balaban J connectivity index is 1.91. The molecule has 3 aromatic rings. The summed E-state index contributed by atoms with van der Waals surface area (Å²) in [5, 5.41) is 19.9. The number of aromatic carboxylic acids is 2. The molecule has 0 saturated carbocycles. The number of esters is 1. The molecule has 0 aliphatic heterocycles. The van der Waals surface area contributed by atoms with Gasteiger partial charge in [-0.05, 0) is 67.1 Å². The van der Waals surface area contributed by atoms with Crippen molar-refractivity contribution in [1.29, 1.82) is 0 Å². The second-order valence-electron chi connectivity index (χ2n) is 8.03. The fourth-order valence-electron chi connectivity index (χ4n) is 3.95. The van der Waals surface area contributed by atoms with Crippen molar-refractivity contribution in [2.24, 2.45) is 0 Å². The zero-order chi connectivity index (χ0) is 25.4. The molecular weight excluding hydrogens is 448 g/mol. The first kappa shape index (κ1) is 25.5. The highest BCUT2D eigenvalue weighted by Crippen LogP contribution is 2.34. The van der Waals surface area contributed by atoms with Crippen LogP contribution < -0.4 is 4.74 Å². The summed E-state index contributed by atoms with van der Waals surface area (Å²) >= 11 is 0. The van der Waals surface area contributed by atoms with Gasteiger partial charge in [0, 0.05) is 12.0 Å². The van der Waals surface area contributed by atoms with E-state index >= 15 is 0 Å². The molecule has 0 radical (unpaired) electrons. The molecule has 0 fully saturated rings. The third-order valence-corrected chi connectivity index (χ3v) is 5.66. The lowest BCUT2D eigenvalue weighted by atomic mass is 9.86. The Bertz CT molecular complexity index is 1200. The van der Waals surface area contributed by atoms with E-state index in [0.717, 1.165) is 5.56 Å². The van der Waals surface area contributed by atoms with Crippen LogP contribution in [0.25, 0.3) is 11.1 Å². The fraction of sp³-hybridized carbons (Fsp3) is 0.250. The van der Waals surface area contributed by atoms with Gasteiger partial charge in [-0.3, -0.25) is 4.79 Å². The smallest absolute Gasteiger partial charge is 0.336 e. The number of carboxylic acid groups (broad SMARTS) is 2. The van der Waals surface area contributed by atoms with Crippen molar-refractivity contribution in [3.8, 4) is 16.9 Å². The zero-order valence-corrected chi connectivity index (χ0v) is 19.7. The third-order valence-electron chi connectivity index (χ3n) is 5.66. The second-order valence-corrected chi connectivity index (χ2v) is 8.03. The summed E-state index contributed by atoms with van der Waals surface area (Å²) in [6.45, 7) is 4.05. The van der Waals surface area contributed by atoms with Gasteiger partial charge < -0.3 is 19.7 Å². The highest BCUT2D eigenvalue weighted by Gasteiger charge is 2.25. The van der Waals surface area contributed by atoms with Crippen LogP contribution in [0.2, 0.25) is 0 Å². The number of carbonyl (C=O) groups is 3. The Kier molecular flexibility index (Phi) is 8.62. The molecule has 0 unspecified atom stereocenters. The zero-order valence-electron chi connectivity index (χ0n) is 19.7. The minimum atomic E-state index is -1.22. The maximum Gasteiger partial charge on any atom is 0.336 e. The molecule has 35 heavy (non-hydrogen) atoms. The van der Waals surface area contributed by atoms with Gasteiger partial charge in [0.2, 0.25) is 0 Å². The normalized spacial score (nSPS) is 10.6. The minimum absolute atomic E-state index is 0.0611. The summed E-state index contributed by atoms with van der Waals surface area (Å²) in [5.74, 6) is -2.19. The molecule has 0 saturated heterocycles. The number of hydrogen-bond acceptors (Lipinski definition) is 5. The number of aryl methyl sites for hydroxylation is 1. The van der Waals surface area contributed by atoms with Crippen molar-refractivity contribution in [2.75, 3.05) is 6.61 Å². The molecule has 0 spiro atoms. The molecule has 7 nitrogen and oxygen atoms in total. The first-order valence-electron chi connectivity index (χ1n) is 11.4. The summed E-state index contributed by atoms with van der Waals surface area (Å²) in [5.41, 5.74) is 2.51. The standard InChI is InChI=1S/C28H28O7/c1-3-34-24(29)11-7-10-21-16-23(27(30)31)26(25(18(21)2)28(32)33)20-12-14-22(15-13-20)35-17-19-8-5-4-6-9-19/h4-6,8-9,12-16H,3,7,10-11,17H2,1-2H3,(H,30,31)(H,32,33). The highest BCUT2D eigenvalue weighted by atomic mass is 16.5. The van der Waals surface area contributed by atoms with Crippen molar-refractivity contribution in [2.45, 2.75) is 39.7 Å². The van der Waals surface area contributed by atoms with Crippen LogP contribution in [-0.2, 0) is 22.6 Å². The molecule has 2 N–H and O–H groups in total. The van der Waals surface area contributed by atoms with Gasteiger partial charge in [0.05, 0.1) is 17.7 Å². The molecule has 0 bridgehead atoms. The van der Waals surface area contributed by atoms with E-state index in [4.69, 9.17) is 9.47 Å². The molecule has 0 aromatic heterocycles. The van der Waals surface area contributed by atoms with E-state index in [2.05, 4.69) is 0 Å². The number of hydrogen-bond donors (Lipinski definition) is 2. The first-order chi connectivity index (χ1) is 16.8. The van der Waals surface area contributed by atoms with Crippen LogP contribution in [0.15, 0.2) is 60.7 Å². The lowest BCUT2D eigenvalue weighted by Crippen LogP contribution is -2.12. The van der Waals surface area contributed by atoms with Crippen molar-refractivity contribution in [3.63, 3.8) is 0 Å². The molecule has 7 heteroatoms. The Morgan fingerprint density at radius 2 is 1.60 bits per heavy atom. The summed E-state index contributed by atoms with van der Waals surface area (Å²) in [6, 6.07) is 17.9. The van der Waals surface area contributed by atoms with E-state index in [1.54, 1.807) is 38.1 Å². The molecule has 3 aromatic carbocycles. The molecule has 0 atom stereocenters. The molecule has 182 valence electrons. The van der Waals surface area contributed by atoms with Gasteiger partial charge in [0.15, 0.2) is 0 Å². The fourth-order valence-corrected chi connectivity index (χ4v) is 3.95. The van der Waals surface area contributed by atoms with Crippen LogP contribution >= 0.6 is 0 Å². The molecule has 0 aliphatic rings. The monoisotopic (exact) mass is 476 g/mol. The highest BCUT2D eigenvalue weighted by molar-refractivity contribution is 6.06. The molecule has 0 amide bonds. The van der Waals surface area contributed by atoms with Gasteiger partial charge in [-0.25, -0.2) is 9.59 Å². The van der Waals surface area contributed by atoms with Crippen molar-refractivity contribution >= 4 is 17.9 Å². The number of ether oxygens (including phenoxy) is 2. The minimum Gasteiger partial charge on any atom is -0.489 e. The van der Waals surface area contributed by atoms with E-state index in [1.807, 2.05) is 30.3 Å². The Labute approximate surface area is 203 Å². The molecule has 0 aliphatic carbocycles. The van der Waals surface area contributed by atoms with Crippen molar-refractivity contribution in [1.82, 2.24) is 0 Å². The topological polar surface area (TPSA) is 110 Å². The Hall–Kier alpha value is -4.13. The second kappa shape index (κ2) is 11.8. The Morgan fingerprint density at radius 3 is 2.20 bits per heavy atom. The van der Waals surface area contributed by atoms with Crippen molar-refractivity contribution < 1.29 is 34.1 Å². The van der Waals surface area contributed by atoms with Crippen LogP contribution in [0.3, 0.4) is 0 Å².